The van der Waals surface area contributed by atoms with E-state index < -0.39 is 29.7 Å². The zero-order valence-corrected chi connectivity index (χ0v) is 16.1. The number of hydrogen-bond acceptors (Lipinski definition) is 6. The fourth-order valence-corrected chi connectivity index (χ4v) is 4.02. The third-order valence-corrected chi connectivity index (χ3v) is 5.45. The fraction of sp³-hybridized carbons (Fsp3) is 0.350. The Morgan fingerprint density at radius 2 is 1.79 bits per heavy atom. The Morgan fingerprint density at radius 1 is 1.14 bits per heavy atom. The summed E-state index contributed by atoms with van der Waals surface area (Å²) in [6.07, 6.45) is 2.03. The molecule has 2 aliphatic heterocycles. The highest BCUT2D eigenvalue weighted by Crippen LogP contribution is 2.37. The molecule has 1 saturated heterocycles. The topological polar surface area (TPSA) is 102 Å². The van der Waals surface area contributed by atoms with Crippen LogP contribution in [-0.2, 0) is 21.5 Å². The number of fused-ring (bicyclic) bond motifs is 1. The van der Waals surface area contributed by atoms with Crippen LogP contribution in [-0.4, -0.2) is 50.0 Å². The molecule has 0 spiro atoms. The Morgan fingerprint density at radius 3 is 2.34 bits per heavy atom. The van der Waals surface area contributed by atoms with E-state index in [-0.39, 0.29) is 29.9 Å². The lowest BCUT2D eigenvalue weighted by Gasteiger charge is -2.39. The van der Waals surface area contributed by atoms with Crippen molar-refractivity contribution in [1.82, 2.24) is 19.7 Å². The van der Waals surface area contributed by atoms with Crippen LogP contribution in [0.2, 0.25) is 0 Å². The molecule has 1 fully saturated rings. The van der Waals surface area contributed by atoms with E-state index in [0.29, 0.717) is 17.3 Å². The van der Waals surface area contributed by atoms with Crippen molar-refractivity contribution in [3.8, 4) is 0 Å². The number of carbonyl (C=O) groups is 4. The number of aryl methyl sites for hydroxylation is 1. The van der Waals surface area contributed by atoms with Crippen molar-refractivity contribution in [1.29, 1.82) is 0 Å². The van der Waals surface area contributed by atoms with Crippen LogP contribution in [0, 0.1) is 5.92 Å². The number of likely N-dealkylation sites (tertiary alicyclic amines) is 1. The number of amides is 3. The van der Waals surface area contributed by atoms with Crippen molar-refractivity contribution in [2.45, 2.75) is 25.8 Å². The number of benzene rings is 1. The van der Waals surface area contributed by atoms with Crippen LogP contribution < -0.4 is 0 Å². The van der Waals surface area contributed by atoms with Crippen LogP contribution >= 0.6 is 0 Å². The van der Waals surface area contributed by atoms with E-state index in [4.69, 9.17) is 4.84 Å². The van der Waals surface area contributed by atoms with Gasteiger partial charge in [-0.1, -0.05) is 17.2 Å². The fourth-order valence-electron chi connectivity index (χ4n) is 4.02. The quantitative estimate of drug-likeness (QED) is 0.726. The Kier molecular flexibility index (Phi) is 4.65. The number of rotatable bonds is 4. The number of nitrogens with zero attached hydrogens (tertiary/aromatic N) is 4. The molecule has 0 bridgehead atoms. The minimum absolute atomic E-state index is 0.0662. The molecule has 2 aromatic rings. The summed E-state index contributed by atoms with van der Waals surface area (Å²) in [7, 11) is 1.73. The standard InChI is InChI=1S/C20H20N4O5/c1-3-23-16(25)9-8-14(17(23)15-10-11-21-22(15)2)20(28)29-24-18(26)12-6-4-5-7-13(12)19(24)27/h4-7,10-11,14,17H,3,8-9H2,1-2H3/t14-,17-/m0/s1. The van der Waals surface area contributed by atoms with Crippen LogP contribution in [0.15, 0.2) is 36.5 Å². The van der Waals surface area contributed by atoms with Gasteiger partial charge in [0.05, 0.1) is 28.8 Å². The van der Waals surface area contributed by atoms with Gasteiger partial charge in [0.2, 0.25) is 5.91 Å². The maximum absolute atomic E-state index is 13.0. The largest absolute Gasteiger partial charge is 0.338 e. The van der Waals surface area contributed by atoms with Gasteiger partial charge in [0.1, 0.15) is 0 Å². The summed E-state index contributed by atoms with van der Waals surface area (Å²) in [6, 6.07) is 7.46. The smallest absolute Gasteiger partial charge is 0.333 e. The van der Waals surface area contributed by atoms with Gasteiger partial charge in [-0.05, 0) is 31.5 Å². The van der Waals surface area contributed by atoms with Crippen LogP contribution in [0.1, 0.15) is 52.2 Å². The number of hydrogen-bond donors (Lipinski definition) is 0. The summed E-state index contributed by atoms with van der Waals surface area (Å²) in [5.74, 6) is -2.86. The van der Waals surface area contributed by atoms with Gasteiger partial charge in [0, 0.05) is 26.2 Å². The lowest BCUT2D eigenvalue weighted by atomic mass is 9.86. The van der Waals surface area contributed by atoms with Crippen LogP contribution in [0.5, 0.6) is 0 Å². The number of aromatic nitrogens is 2. The van der Waals surface area contributed by atoms with E-state index >= 15 is 0 Å². The van der Waals surface area contributed by atoms with Gasteiger partial charge in [-0.2, -0.15) is 5.10 Å². The second-order valence-corrected chi connectivity index (χ2v) is 7.01. The molecule has 4 rings (SSSR count). The molecule has 9 heteroatoms. The first-order chi connectivity index (χ1) is 13.9. The first-order valence-electron chi connectivity index (χ1n) is 9.41. The normalized spacial score (nSPS) is 21.5. The van der Waals surface area contributed by atoms with Crippen molar-refractivity contribution in [2.75, 3.05) is 6.54 Å². The molecule has 0 saturated carbocycles. The number of hydroxylamine groups is 2. The van der Waals surface area contributed by atoms with Crippen molar-refractivity contribution in [3.63, 3.8) is 0 Å². The third kappa shape index (κ3) is 2.98. The Hall–Kier alpha value is -3.49. The average Bonchev–Trinajstić information content (AvgIpc) is 3.24. The highest BCUT2D eigenvalue weighted by molar-refractivity contribution is 6.20. The number of piperidine rings is 1. The van der Waals surface area contributed by atoms with Crippen molar-refractivity contribution in [2.24, 2.45) is 13.0 Å². The van der Waals surface area contributed by atoms with Gasteiger partial charge in [-0.25, -0.2) is 4.79 Å². The van der Waals surface area contributed by atoms with Gasteiger partial charge in [0.25, 0.3) is 11.8 Å². The Balaban J connectivity index is 1.62. The zero-order valence-electron chi connectivity index (χ0n) is 16.1. The molecule has 0 N–H and O–H groups in total. The summed E-state index contributed by atoms with van der Waals surface area (Å²) in [4.78, 5) is 57.4. The van der Waals surface area contributed by atoms with Crippen molar-refractivity contribution < 1.29 is 24.0 Å². The van der Waals surface area contributed by atoms with Gasteiger partial charge in [0.15, 0.2) is 0 Å². The van der Waals surface area contributed by atoms with E-state index in [1.165, 1.54) is 12.1 Å². The second-order valence-electron chi connectivity index (χ2n) is 7.01. The van der Waals surface area contributed by atoms with E-state index in [2.05, 4.69) is 5.10 Å². The summed E-state index contributed by atoms with van der Waals surface area (Å²) in [5, 5.41) is 4.66. The molecule has 3 amide bonds. The zero-order chi connectivity index (χ0) is 20.7. The summed E-state index contributed by atoms with van der Waals surface area (Å²) < 4.78 is 1.61. The molecule has 2 atom stereocenters. The molecular formula is C20H20N4O5. The van der Waals surface area contributed by atoms with Crippen molar-refractivity contribution >= 4 is 23.7 Å². The highest BCUT2D eigenvalue weighted by Gasteiger charge is 2.45. The van der Waals surface area contributed by atoms with Gasteiger partial charge < -0.3 is 9.74 Å². The van der Waals surface area contributed by atoms with Gasteiger partial charge >= 0.3 is 5.97 Å². The molecule has 0 radical (unpaired) electrons. The van der Waals surface area contributed by atoms with E-state index in [1.807, 2.05) is 6.92 Å². The molecule has 1 aromatic heterocycles. The van der Waals surface area contributed by atoms with E-state index in [9.17, 15) is 19.2 Å². The summed E-state index contributed by atoms with van der Waals surface area (Å²) in [5.41, 5.74) is 1.08. The van der Waals surface area contributed by atoms with Crippen LogP contribution in [0.4, 0.5) is 0 Å². The third-order valence-electron chi connectivity index (χ3n) is 5.45. The number of carbonyl (C=O) groups excluding carboxylic acids is 4. The van der Waals surface area contributed by atoms with Gasteiger partial charge in [-0.15, -0.1) is 0 Å². The van der Waals surface area contributed by atoms with Crippen molar-refractivity contribution in [3.05, 3.63) is 53.3 Å². The summed E-state index contributed by atoms with van der Waals surface area (Å²) >= 11 is 0. The Labute approximate surface area is 166 Å². The first kappa shape index (κ1) is 18.9. The van der Waals surface area contributed by atoms with Crippen LogP contribution in [0.3, 0.4) is 0 Å². The van der Waals surface area contributed by atoms with Crippen LogP contribution in [0.25, 0.3) is 0 Å². The maximum Gasteiger partial charge on any atom is 0.338 e. The highest BCUT2D eigenvalue weighted by atomic mass is 16.7. The number of imide groups is 1. The molecule has 0 unspecified atom stereocenters. The minimum Gasteiger partial charge on any atom is -0.333 e. The van der Waals surface area contributed by atoms with E-state index in [1.54, 1.807) is 41.0 Å². The maximum atomic E-state index is 13.0. The molecular weight excluding hydrogens is 376 g/mol. The minimum atomic E-state index is -0.729. The molecule has 9 nitrogen and oxygen atoms in total. The molecule has 3 heterocycles. The molecule has 150 valence electrons. The van der Waals surface area contributed by atoms with E-state index in [0.717, 1.165) is 0 Å². The lowest BCUT2D eigenvalue weighted by Crippen LogP contribution is -2.47. The molecule has 0 aliphatic carbocycles. The molecule has 2 aliphatic rings. The molecule has 29 heavy (non-hydrogen) atoms. The molecule has 1 aromatic carbocycles. The average molecular weight is 396 g/mol. The predicted octanol–water partition coefficient (Wildman–Crippen LogP) is 1.47. The predicted molar refractivity (Wildman–Crippen MR) is 99.1 cm³/mol. The second kappa shape index (κ2) is 7.16. The Bertz CT molecular complexity index is 979. The lowest BCUT2D eigenvalue weighted by molar-refractivity contribution is -0.179. The monoisotopic (exact) mass is 396 g/mol. The van der Waals surface area contributed by atoms with Gasteiger partial charge in [-0.3, -0.25) is 19.1 Å². The first-order valence-corrected chi connectivity index (χ1v) is 9.41. The summed E-state index contributed by atoms with van der Waals surface area (Å²) in [6.45, 7) is 2.24. The SMILES string of the molecule is CCN1C(=O)CC[C@H](C(=O)ON2C(=O)c3ccccc3C2=O)[C@H]1c1ccnn1C.